The smallest absolute Gasteiger partial charge is 0.160 e. The van der Waals surface area contributed by atoms with Gasteiger partial charge in [-0.15, -0.1) is 0 Å². The summed E-state index contributed by atoms with van der Waals surface area (Å²) in [5.74, 6) is 0.149. The van der Waals surface area contributed by atoms with Crippen LogP contribution < -0.4 is 28.7 Å². The minimum Gasteiger partial charge on any atom is -0.491 e. The summed E-state index contributed by atoms with van der Waals surface area (Å²) in [5, 5.41) is 0. The van der Waals surface area contributed by atoms with Crippen molar-refractivity contribution in [2.45, 2.75) is 24.7 Å². The van der Waals surface area contributed by atoms with E-state index in [-0.39, 0.29) is 0 Å². The fourth-order valence-electron chi connectivity index (χ4n) is 15.6. The summed E-state index contributed by atoms with van der Waals surface area (Å²) in [4.78, 5) is 3.89. The SMILES string of the molecule is C=Cc1ccc(Oc2ccc(C3(c4ccc(OCCOCC)cc4)c4ccccc4-c4ccc(N(c5ccc(-c6ccc(N(c7ccc(F)c(F)c7)c7ccc8c(c7)C(c7ccc(OCCOCC)cc7)(c7ccc(Oc9ccc(C=C)cc9)cc7)c7ccccc7-8)cc6)cc5)c5ccc(F)c(F)c5)cc43)cc2)cc1. The van der Waals surface area contributed by atoms with E-state index in [4.69, 9.17) is 28.4 Å². The number of ether oxygens (including phenoxy) is 6. The van der Waals surface area contributed by atoms with E-state index in [1.165, 1.54) is 12.1 Å². The highest BCUT2D eigenvalue weighted by molar-refractivity contribution is 5.92. The normalized spacial score (nSPS) is 14.3. The number of benzene rings is 14. The molecule has 8 nitrogen and oxygen atoms in total. The number of hydrogen-bond acceptors (Lipinski definition) is 8. The van der Waals surface area contributed by atoms with E-state index < -0.39 is 34.1 Å². The van der Waals surface area contributed by atoms with Crippen molar-refractivity contribution in [2.75, 3.05) is 49.4 Å². The molecule has 14 aromatic rings. The molecule has 0 heterocycles. The second-order valence-electron chi connectivity index (χ2n) is 27.0. The summed E-state index contributed by atoms with van der Waals surface area (Å²) in [7, 11) is 0. The van der Waals surface area contributed by atoms with Gasteiger partial charge < -0.3 is 38.2 Å². The van der Waals surface area contributed by atoms with E-state index in [9.17, 15) is 0 Å². The van der Waals surface area contributed by atoms with Gasteiger partial charge >= 0.3 is 0 Å². The molecule has 542 valence electrons. The van der Waals surface area contributed by atoms with Crippen LogP contribution in [0.1, 0.15) is 69.5 Å². The molecular weight excluding hydrogens is 1380 g/mol. The molecule has 0 saturated carbocycles. The first-order valence-corrected chi connectivity index (χ1v) is 36.8. The van der Waals surface area contributed by atoms with Crippen LogP contribution in [0.5, 0.6) is 34.5 Å². The third-order valence-electron chi connectivity index (χ3n) is 20.7. The van der Waals surface area contributed by atoms with Crippen LogP contribution >= 0.6 is 0 Å². The molecule has 16 rings (SSSR count). The summed E-state index contributed by atoms with van der Waals surface area (Å²) in [6.07, 6.45) is 3.59. The van der Waals surface area contributed by atoms with Crippen molar-refractivity contribution in [3.8, 4) is 67.9 Å². The average molecular weight is 1450 g/mol. The Morgan fingerprint density at radius 3 is 0.927 bits per heavy atom. The summed E-state index contributed by atoms with van der Waals surface area (Å²) in [6.45, 7) is 14.6. The Balaban J connectivity index is 0.773. The van der Waals surface area contributed by atoms with Gasteiger partial charge in [0.1, 0.15) is 47.7 Å². The Morgan fingerprint density at radius 1 is 0.291 bits per heavy atom. The molecule has 0 N–H and O–H groups in total. The summed E-state index contributed by atoms with van der Waals surface area (Å²) >= 11 is 0. The van der Waals surface area contributed by atoms with Gasteiger partial charge in [-0.25, -0.2) is 17.6 Å². The maximum atomic E-state index is 15.9. The molecule has 0 aliphatic heterocycles. The predicted octanol–water partition coefficient (Wildman–Crippen LogP) is 25.3. The molecule has 0 fully saturated rings. The van der Waals surface area contributed by atoms with Crippen LogP contribution in [0.4, 0.5) is 51.7 Å². The highest BCUT2D eigenvalue weighted by Gasteiger charge is 2.48. The van der Waals surface area contributed by atoms with E-state index in [0.29, 0.717) is 108 Å². The first kappa shape index (κ1) is 71.3. The Morgan fingerprint density at radius 2 is 0.591 bits per heavy atom. The Kier molecular flexibility index (Phi) is 20.1. The van der Waals surface area contributed by atoms with Crippen LogP contribution in [0.3, 0.4) is 0 Å². The molecule has 0 spiro atoms. The highest BCUT2D eigenvalue weighted by atomic mass is 19.2. The lowest BCUT2D eigenvalue weighted by Crippen LogP contribution is -2.28. The van der Waals surface area contributed by atoms with Gasteiger partial charge in [-0.3, -0.25) is 0 Å². The van der Waals surface area contributed by atoms with Gasteiger partial charge in [0, 0.05) is 59.5 Å². The minimum absolute atomic E-state index is 0.391. The van der Waals surface area contributed by atoms with E-state index >= 15 is 17.6 Å². The molecule has 110 heavy (non-hydrogen) atoms. The maximum Gasteiger partial charge on any atom is 0.160 e. The molecule has 2 aliphatic carbocycles. The minimum atomic E-state index is -0.996. The van der Waals surface area contributed by atoms with E-state index in [1.54, 1.807) is 24.3 Å². The van der Waals surface area contributed by atoms with Crippen LogP contribution in [0.15, 0.2) is 329 Å². The van der Waals surface area contributed by atoms with Gasteiger partial charge in [0.05, 0.1) is 24.0 Å². The summed E-state index contributed by atoms with van der Waals surface area (Å²) in [6, 6.07) is 102. The van der Waals surface area contributed by atoms with Crippen molar-refractivity contribution in [3.63, 3.8) is 0 Å². The molecule has 0 aromatic heterocycles. The monoisotopic (exact) mass is 1450 g/mol. The number of fused-ring (bicyclic) bond motifs is 6. The van der Waals surface area contributed by atoms with Crippen molar-refractivity contribution >= 4 is 46.3 Å². The zero-order valence-corrected chi connectivity index (χ0v) is 60.7. The first-order valence-electron chi connectivity index (χ1n) is 36.8. The fourth-order valence-corrected chi connectivity index (χ4v) is 15.6. The second kappa shape index (κ2) is 31.1. The second-order valence-corrected chi connectivity index (χ2v) is 27.0. The lowest BCUT2D eigenvalue weighted by molar-refractivity contribution is 0.110. The van der Waals surface area contributed by atoms with Gasteiger partial charge in [-0.05, 0) is 248 Å². The van der Waals surface area contributed by atoms with Crippen LogP contribution in [0.2, 0.25) is 0 Å². The van der Waals surface area contributed by atoms with Gasteiger partial charge in [0.25, 0.3) is 0 Å². The Bertz CT molecular complexity index is 5310. The van der Waals surface area contributed by atoms with Gasteiger partial charge in [-0.2, -0.15) is 0 Å². The van der Waals surface area contributed by atoms with Gasteiger partial charge in [0.15, 0.2) is 23.3 Å². The largest absolute Gasteiger partial charge is 0.491 e. The molecule has 2 atom stereocenters. The van der Waals surface area contributed by atoms with Crippen LogP contribution in [0, 0.1) is 23.3 Å². The molecule has 0 saturated heterocycles. The van der Waals surface area contributed by atoms with E-state index in [2.05, 4.69) is 122 Å². The lowest BCUT2D eigenvalue weighted by Gasteiger charge is -2.35. The number of hydrogen-bond donors (Lipinski definition) is 0. The topological polar surface area (TPSA) is 61.9 Å². The maximum absolute atomic E-state index is 15.9. The molecule has 2 aliphatic rings. The fraction of sp³-hybridized carbons (Fsp3) is 0.102. The highest BCUT2D eigenvalue weighted by Crippen LogP contribution is 2.60. The van der Waals surface area contributed by atoms with Crippen molar-refractivity contribution in [1.29, 1.82) is 0 Å². The van der Waals surface area contributed by atoms with Gasteiger partial charge in [0.2, 0.25) is 0 Å². The molecule has 0 bridgehead atoms. The number of rotatable bonds is 27. The van der Waals surface area contributed by atoms with Crippen LogP contribution in [-0.2, 0) is 20.3 Å². The van der Waals surface area contributed by atoms with Crippen molar-refractivity contribution in [2.24, 2.45) is 0 Å². The zero-order chi connectivity index (χ0) is 75.3. The number of halogens is 4. The van der Waals surface area contributed by atoms with Crippen molar-refractivity contribution in [3.05, 3.63) is 408 Å². The third kappa shape index (κ3) is 13.5. The first-order chi connectivity index (χ1) is 53.9. The lowest BCUT2D eigenvalue weighted by atomic mass is 9.67. The van der Waals surface area contributed by atoms with Crippen LogP contribution in [0.25, 0.3) is 45.5 Å². The van der Waals surface area contributed by atoms with Gasteiger partial charge in [-0.1, -0.05) is 183 Å². The van der Waals surface area contributed by atoms with Crippen molar-refractivity contribution < 1.29 is 46.0 Å². The van der Waals surface area contributed by atoms with Crippen LogP contribution in [-0.4, -0.2) is 39.6 Å². The van der Waals surface area contributed by atoms with Crippen molar-refractivity contribution in [1.82, 2.24) is 0 Å². The molecule has 2 unspecified atom stereocenters. The molecule has 0 amide bonds. The number of nitrogens with zero attached hydrogens (tertiary/aromatic N) is 2. The zero-order valence-electron chi connectivity index (χ0n) is 60.7. The standard InChI is InChI=1S/C98H76F4N2O6/c1-5-65-17-41-81(42-18-65)109-83-49-29-71(30-50-83)97(69-25-45-79(46-26-69)107-59-57-105-7-3)89-15-11-9-13-85(89)87-53-37-75(61-91(87)97)103(77-39-55-93(99)95(101)63-77)73-33-21-67(22-34-73)68-23-35-74(36-24-68)104(78-40-56-94(100)96(102)64-78)76-38-54-88-86-14-10-12-16-90(86)98(92(88)62-76,70-27-47-80(48-28-70)108-60-58-106-8-4)72-31-51-84(52-32-72)110-82-43-19-66(6-2)20-44-82/h5-6,9-56,61-64H,1-2,7-8,57-60H2,3-4H3. The third-order valence-corrected chi connectivity index (χ3v) is 20.7. The molecular formula is C98H76F4N2O6. The summed E-state index contributed by atoms with van der Waals surface area (Å²) < 4.78 is 98.5. The predicted molar refractivity (Wildman–Crippen MR) is 433 cm³/mol. The van der Waals surface area contributed by atoms with E-state index in [1.807, 2.05) is 194 Å². The Hall–Kier alpha value is -13.0. The molecule has 12 heteroatoms. The quantitative estimate of drug-likeness (QED) is 0.0373. The van der Waals surface area contributed by atoms with E-state index in [0.717, 1.165) is 101 Å². The number of anilines is 6. The molecule has 14 aromatic carbocycles. The molecule has 0 radical (unpaired) electrons. The average Bonchev–Trinajstić information content (AvgIpc) is 1.54. The Labute approximate surface area is 638 Å². The summed E-state index contributed by atoms with van der Waals surface area (Å²) in [5.41, 5.74) is 17.4.